The maximum absolute atomic E-state index is 12.4. The van der Waals surface area contributed by atoms with Crippen LogP contribution in [0.15, 0.2) is 12.3 Å². The second kappa shape index (κ2) is 5.52. The average Bonchev–Trinajstić information content (AvgIpc) is 2.82. The highest BCUT2D eigenvalue weighted by atomic mass is 16.2. The summed E-state index contributed by atoms with van der Waals surface area (Å²) in [6.45, 7) is 4.50. The number of aromatic nitrogens is 2. The fourth-order valence-electron chi connectivity index (χ4n) is 2.56. The van der Waals surface area contributed by atoms with E-state index in [1.165, 1.54) is 0 Å². The van der Waals surface area contributed by atoms with E-state index in [2.05, 4.69) is 22.7 Å². The summed E-state index contributed by atoms with van der Waals surface area (Å²) < 4.78 is 1.75. The molecule has 0 aromatic carbocycles. The summed E-state index contributed by atoms with van der Waals surface area (Å²) in [5.74, 6) is 0.178. The third-order valence-electron chi connectivity index (χ3n) is 3.92. The van der Waals surface area contributed by atoms with Crippen LogP contribution in [0.5, 0.6) is 0 Å². The Morgan fingerprint density at radius 2 is 2.28 bits per heavy atom. The van der Waals surface area contributed by atoms with E-state index in [9.17, 15) is 4.79 Å². The van der Waals surface area contributed by atoms with Gasteiger partial charge in [0.05, 0.1) is 17.7 Å². The smallest absolute Gasteiger partial charge is 0.226 e. The molecule has 1 aliphatic rings. The monoisotopic (exact) mass is 250 g/mol. The Labute approximate surface area is 108 Å². The number of carbonyl (C=O) groups is 1. The van der Waals surface area contributed by atoms with E-state index >= 15 is 0 Å². The first-order valence-electron chi connectivity index (χ1n) is 6.64. The molecule has 2 heterocycles. The Bertz CT molecular complexity index is 407. The van der Waals surface area contributed by atoms with Gasteiger partial charge < -0.3 is 10.6 Å². The van der Waals surface area contributed by atoms with Crippen LogP contribution >= 0.6 is 0 Å². The molecule has 0 radical (unpaired) electrons. The minimum absolute atomic E-state index is 0.178. The van der Waals surface area contributed by atoms with Crippen LogP contribution in [0.4, 0.5) is 0 Å². The second-order valence-corrected chi connectivity index (χ2v) is 5.05. The summed E-state index contributed by atoms with van der Waals surface area (Å²) in [5, 5.41) is 10.6. The van der Waals surface area contributed by atoms with Crippen LogP contribution in [0.2, 0.25) is 0 Å². The largest absolute Gasteiger partial charge is 0.350 e. The lowest BCUT2D eigenvalue weighted by Crippen LogP contribution is -2.47. The summed E-state index contributed by atoms with van der Waals surface area (Å²) in [7, 11) is 1.88. The molecular formula is C13H22N4O. The van der Waals surface area contributed by atoms with E-state index < -0.39 is 0 Å². The molecule has 1 fully saturated rings. The zero-order chi connectivity index (χ0) is 13.0. The first-order chi connectivity index (χ1) is 8.66. The number of carbonyl (C=O) groups excluding carboxylic acids is 1. The molecule has 2 rings (SSSR count). The van der Waals surface area contributed by atoms with Gasteiger partial charge in [0.25, 0.3) is 0 Å². The predicted octanol–water partition coefficient (Wildman–Crippen LogP) is 0.816. The number of nitrogens with one attached hydrogen (secondary N) is 2. The first kappa shape index (κ1) is 13.1. The van der Waals surface area contributed by atoms with Crippen LogP contribution in [0.3, 0.4) is 0 Å². The SMILES string of the molecule is CCC1(C(=O)NCc2ccn(C)n2)CCNCC1. The van der Waals surface area contributed by atoms with E-state index in [4.69, 9.17) is 0 Å². The fourth-order valence-corrected chi connectivity index (χ4v) is 2.56. The standard InChI is InChI=1S/C13H22N4O/c1-3-13(5-7-14-8-6-13)12(18)15-10-11-4-9-17(2)16-11/h4,9,14H,3,5-8,10H2,1-2H3,(H,15,18). The molecule has 1 amide bonds. The van der Waals surface area contributed by atoms with E-state index in [1.54, 1.807) is 4.68 Å². The van der Waals surface area contributed by atoms with Crippen LogP contribution in [-0.2, 0) is 18.4 Å². The minimum Gasteiger partial charge on any atom is -0.350 e. The molecule has 0 spiro atoms. The molecule has 0 aliphatic carbocycles. The van der Waals surface area contributed by atoms with E-state index in [-0.39, 0.29) is 11.3 Å². The molecule has 0 bridgehead atoms. The Hall–Kier alpha value is -1.36. The van der Waals surface area contributed by atoms with Gasteiger partial charge in [0.1, 0.15) is 0 Å². The zero-order valence-electron chi connectivity index (χ0n) is 11.2. The number of hydrogen-bond donors (Lipinski definition) is 2. The molecule has 5 nitrogen and oxygen atoms in total. The molecule has 2 N–H and O–H groups in total. The summed E-state index contributed by atoms with van der Waals surface area (Å²) in [4.78, 5) is 12.4. The van der Waals surface area contributed by atoms with E-state index in [1.807, 2.05) is 19.3 Å². The summed E-state index contributed by atoms with van der Waals surface area (Å²) in [6, 6.07) is 1.93. The Morgan fingerprint density at radius 1 is 1.56 bits per heavy atom. The van der Waals surface area contributed by atoms with Gasteiger partial charge in [0, 0.05) is 13.2 Å². The van der Waals surface area contributed by atoms with Crippen molar-refractivity contribution in [2.45, 2.75) is 32.7 Å². The van der Waals surface area contributed by atoms with Gasteiger partial charge >= 0.3 is 0 Å². The van der Waals surface area contributed by atoms with Crippen LogP contribution in [0.25, 0.3) is 0 Å². The van der Waals surface area contributed by atoms with E-state index in [0.29, 0.717) is 6.54 Å². The quantitative estimate of drug-likeness (QED) is 0.831. The minimum atomic E-state index is -0.181. The highest BCUT2D eigenvalue weighted by molar-refractivity contribution is 5.82. The van der Waals surface area contributed by atoms with E-state index in [0.717, 1.165) is 38.0 Å². The molecule has 1 aromatic heterocycles. The number of hydrogen-bond acceptors (Lipinski definition) is 3. The van der Waals surface area contributed by atoms with Crippen molar-refractivity contribution in [1.82, 2.24) is 20.4 Å². The fraction of sp³-hybridized carbons (Fsp3) is 0.692. The van der Waals surface area contributed by atoms with Crippen molar-refractivity contribution in [1.29, 1.82) is 0 Å². The Morgan fingerprint density at radius 3 is 2.83 bits per heavy atom. The second-order valence-electron chi connectivity index (χ2n) is 5.05. The van der Waals surface area contributed by atoms with Crippen molar-refractivity contribution < 1.29 is 4.79 Å². The van der Waals surface area contributed by atoms with Crippen molar-refractivity contribution in [3.05, 3.63) is 18.0 Å². The highest BCUT2D eigenvalue weighted by Crippen LogP contribution is 2.32. The van der Waals surface area contributed by atoms with Gasteiger partial charge in [-0.1, -0.05) is 6.92 Å². The van der Waals surface area contributed by atoms with Gasteiger partial charge in [0.15, 0.2) is 0 Å². The number of amides is 1. The lowest BCUT2D eigenvalue weighted by Gasteiger charge is -2.35. The lowest BCUT2D eigenvalue weighted by molar-refractivity contribution is -0.133. The Balaban J connectivity index is 1.93. The van der Waals surface area contributed by atoms with Crippen molar-refractivity contribution in [3.63, 3.8) is 0 Å². The normalized spacial score (nSPS) is 18.6. The molecule has 0 unspecified atom stereocenters. The van der Waals surface area contributed by atoms with Gasteiger partial charge in [-0.2, -0.15) is 5.10 Å². The first-order valence-corrected chi connectivity index (χ1v) is 6.64. The van der Waals surface area contributed by atoms with Crippen LogP contribution in [-0.4, -0.2) is 28.8 Å². The maximum Gasteiger partial charge on any atom is 0.226 e. The van der Waals surface area contributed by atoms with Gasteiger partial charge in [-0.15, -0.1) is 0 Å². The Kier molecular flexibility index (Phi) is 4.01. The summed E-state index contributed by atoms with van der Waals surface area (Å²) in [6.07, 6.45) is 4.65. The molecule has 0 saturated carbocycles. The third-order valence-corrected chi connectivity index (χ3v) is 3.92. The molecule has 5 heteroatoms. The van der Waals surface area contributed by atoms with Crippen molar-refractivity contribution in [2.75, 3.05) is 13.1 Å². The molecule has 100 valence electrons. The molecule has 18 heavy (non-hydrogen) atoms. The average molecular weight is 250 g/mol. The van der Waals surface area contributed by atoms with Crippen molar-refractivity contribution in [2.24, 2.45) is 12.5 Å². The van der Waals surface area contributed by atoms with Gasteiger partial charge in [0.2, 0.25) is 5.91 Å². The predicted molar refractivity (Wildman–Crippen MR) is 69.9 cm³/mol. The third kappa shape index (κ3) is 2.72. The highest BCUT2D eigenvalue weighted by Gasteiger charge is 2.37. The molecule has 1 aromatic rings. The van der Waals surface area contributed by atoms with Crippen molar-refractivity contribution in [3.8, 4) is 0 Å². The van der Waals surface area contributed by atoms with Gasteiger partial charge in [-0.25, -0.2) is 0 Å². The van der Waals surface area contributed by atoms with Crippen LogP contribution in [0, 0.1) is 5.41 Å². The number of aryl methyl sites for hydroxylation is 1. The lowest BCUT2D eigenvalue weighted by atomic mass is 9.76. The van der Waals surface area contributed by atoms with Crippen molar-refractivity contribution >= 4 is 5.91 Å². The molecule has 1 saturated heterocycles. The zero-order valence-corrected chi connectivity index (χ0v) is 11.2. The number of piperidine rings is 1. The summed E-state index contributed by atoms with van der Waals surface area (Å²) in [5.41, 5.74) is 0.728. The van der Waals surface area contributed by atoms with Crippen LogP contribution < -0.4 is 10.6 Å². The molecular weight excluding hydrogens is 228 g/mol. The van der Waals surface area contributed by atoms with Gasteiger partial charge in [-0.05, 0) is 38.4 Å². The van der Waals surface area contributed by atoms with Gasteiger partial charge in [-0.3, -0.25) is 9.48 Å². The topological polar surface area (TPSA) is 59.0 Å². The molecule has 0 atom stereocenters. The summed E-state index contributed by atoms with van der Waals surface area (Å²) >= 11 is 0. The maximum atomic E-state index is 12.4. The molecule has 1 aliphatic heterocycles. The number of nitrogens with zero attached hydrogens (tertiary/aromatic N) is 2. The van der Waals surface area contributed by atoms with Crippen LogP contribution in [0.1, 0.15) is 31.9 Å². The number of rotatable bonds is 4.